The summed E-state index contributed by atoms with van der Waals surface area (Å²) in [7, 11) is 3.28. The average molecular weight is 534 g/mol. The van der Waals surface area contributed by atoms with E-state index in [4.69, 9.17) is 5.73 Å². The maximum atomic E-state index is 13.6. The SMILES string of the molecule is CC(/C(N=CN)=N\c1ncccn1)N(CC1CC1)C(=O)c1cc(CC2CC2)cc(C(F)(F)F)c1.CNOC. The van der Waals surface area contributed by atoms with Gasteiger partial charge in [0.15, 0.2) is 5.84 Å². The van der Waals surface area contributed by atoms with Crippen molar-refractivity contribution in [1.29, 1.82) is 0 Å². The molecule has 38 heavy (non-hydrogen) atoms. The number of nitrogens with one attached hydrogen (secondary N) is 1. The highest BCUT2D eigenvalue weighted by atomic mass is 19.4. The van der Waals surface area contributed by atoms with E-state index in [0.29, 0.717) is 30.4 Å². The summed E-state index contributed by atoms with van der Waals surface area (Å²) in [5, 5.41) is 0. The van der Waals surface area contributed by atoms with Gasteiger partial charge < -0.3 is 15.5 Å². The van der Waals surface area contributed by atoms with Crippen LogP contribution in [0.3, 0.4) is 0 Å². The Balaban J connectivity index is 0.000000934. The van der Waals surface area contributed by atoms with Crippen LogP contribution in [0.5, 0.6) is 0 Å². The second-order valence-electron chi connectivity index (χ2n) is 9.35. The molecule has 2 fully saturated rings. The van der Waals surface area contributed by atoms with Gasteiger partial charge in [0.05, 0.1) is 25.1 Å². The van der Waals surface area contributed by atoms with E-state index in [9.17, 15) is 18.0 Å². The minimum atomic E-state index is -4.54. The number of aromatic nitrogens is 2. The average Bonchev–Trinajstić information content (AvgIpc) is 3.83. The van der Waals surface area contributed by atoms with Crippen LogP contribution in [0, 0.1) is 11.8 Å². The number of alkyl halides is 3. The number of amidine groups is 1. The van der Waals surface area contributed by atoms with Gasteiger partial charge in [0.2, 0.25) is 0 Å². The largest absolute Gasteiger partial charge is 0.416 e. The molecule has 9 nitrogen and oxygen atoms in total. The van der Waals surface area contributed by atoms with Gasteiger partial charge in [-0.2, -0.15) is 18.2 Å². The Morgan fingerprint density at radius 1 is 1.21 bits per heavy atom. The molecule has 1 amide bonds. The number of rotatable bonds is 9. The molecular weight excluding hydrogens is 499 g/mol. The predicted octanol–water partition coefficient (Wildman–Crippen LogP) is 4.17. The fourth-order valence-electron chi connectivity index (χ4n) is 3.81. The van der Waals surface area contributed by atoms with E-state index in [1.165, 1.54) is 17.3 Å². The molecule has 1 heterocycles. The quantitative estimate of drug-likeness (QED) is 0.284. The van der Waals surface area contributed by atoms with Crippen molar-refractivity contribution in [3.63, 3.8) is 0 Å². The first-order valence-electron chi connectivity index (χ1n) is 12.5. The molecule has 1 atom stereocenters. The zero-order valence-electron chi connectivity index (χ0n) is 21.8. The van der Waals surface area contributed by atoms with Crippen LogP contribution in [0.25, 0.3) is 0 Å². The molecule has 4 rings (SSSR count). The molecule has 1 unspecified atom stereocenters. The van der Waals surface area contributed by atoms with E-state index in [-0.39, 0.29) is 17.3 Å². The third-order valence-corrected chi connectivity index (χ3v) is 6.22. The molecule has 2 saturated carbocycles. The number of hydrogen-bond donors (Lipinski definition) is 2. The van der Waals surface area contributed by atoms with Crippen LogP contribution in [0.15, 0.2) is 46.6 Å². The van der Waals surface area contributed by atoms with Gasteiger partial charge in [-0.1, -0.05) is 0 Å². The topological polar surface area (TPSA) is 118 Å². The lowest BCUT2D eigenvalue weighted by molar-refractivity contribution is -0.137. The van der Waals surface area contributed by atoms with Crippen molar-refractivity contribution in [2.45, 2.75) is 51.2 Å². The van der Waals surface area contributed by atoms with Crippen molar-refractivity contribution in [2.75, 3.05) is 20.7 Å². The molecule has 2 aromatic rings. The number of hydrogen-bond acceptors (Lipinski definition) is 6. The number of nitrogens with zero attached hydrogens (tertiary/aromatic N) is 5. The van der Waals surface area contributed by atoms with Crippen molar-refractivity contribution >= 4 is 24.0 Å². The molecule has 0 radical (unpaired) electrons. The predicted molar refractivity (Wildman–Crippen MR) is 139 cm³/mol. The first-order chi connectivity index (χ1) is 18.2. The standard InChI is InChI=1S/C24H27F3N6O.C2H7NO/c1-15(21(31-14-28)32-23-29-7-2-8-30-23)33(13-17-5-6-17)22(34)19-10-18(9-16-3-4-16)11-20(12-19)24(25,26)27;1-3-4-2/h2,7-8,10-12,14-17H,3-6,9,13H2,1H3,(H2,28,29,30,31,32);3H,1-2H3. The number of benzene rings is 1. The van der Waals surface area contributed by atoms with Crippen LogP contribution in [0.1, 0.15) is 54.1 Å². The number of halogens is 3. The third kappa shape index (κ3) is 8.88. The van der Waals surface area contributed by atoms with Gasteiger partial charge in [-0.15, -0.1) is 0 Å². The zero-order chi connectivity index (χ0) is 27.7. The summed E-state index contributed by atoms with van der Waals surface area (Å²) in [6.45, 7) is 2.12. The second-order valence-corrected chi connectivity index (χ2v) is 9.35. The van der Waals surface area contributed by atoms with Crippen molar-refractivity contribution < 1.29 is 22.8 Å². The van der Waals surface area contributed by atoms with Crippen LogP contribution in [-0.2, 0) is 17.4 Å². The molecule has 3 N–H and O–H groups in total. The number of carbonyl (C=O) groups is 1. The third-order valence-electron chi connectivity index (χ3n) is 6.22. The molecule has 1 aromatic heterocycles. The Bertz CT molecular complexity index is 1120. The van der Waals surface area contributed by atoms with E-state index in [0.717, 1.165) is 44.2 Å². The molecule has 0 bridgehead atoms. The lowest BCUT2D eigenvalue weighted by Crippen LogP contribution is -2.44. The summed E-state index contributed by atoms with van der Waals surface area (Å²) in [5.74, 6) is 0.541. The molecule has 0 aliphatic heterocycles. The van der Waals surface area contributed by atoms with Crippen molar-refractivity contribution in [3.05, 3.63) is 53.3 Å². The van der Waals surface area contributed by atoms with Crippen molar-refractivity contribution in [1.82, 2.24) is 20.3 Å². The van der Waals surface area contributed by atoms with Crippen LogP contribution >= 0.6 is 0 Å². The van der Waals surface area contributed by atoms with Crippen LogP contribution in [-0.4, -0.2) is 59.7 Å². The zero-order valence-corrected chi connectivity index (χ0v) is 21.8. The second kappa shape index (κ2) is 13.4. The number of aliphatic imine (C=N–C) groups is 2. The fraction of sp³-hybridized carbons (Fsp3) is 0.500. The van der Waals surface area contributed by atoms with Gasteiger partial charge in [0.25, 0.3) is 11.9 Å². The van der Waals surface area contributed by atoms with E-state index in [1.807, 2.05) is 0 Å². The summed E-state index contributed by atoms with van der Waals surface area (Å²) in [4.78, 5) is 36.0. The van der Waals surface area contributed by atoms with Gasteiger partial charge in [0.1, 0.15) is 0 Å². The summed E-state index contributed by atoms with van der Waals surface area (Å²) >= 11 is 0. The first kappa shape index (κ1) is 29.2. The van der Waals surface area contributed by atoms with E-state index in [1.54, 1.807) is 33.2 Å². The molecular formula is C26H34F3N7O2. The minimum absolute atomic E-state index is 0.0185. The van der Waals surface area contributed by atoms with Gasteiger partial charge in [-0.05, 0) is 80.7 Å². The molecule has 2 aliphatic carbocycles. The van der Waals surface area contributed by atoms with Gasteiger partial charge >= 0.3 is 6.18 Å². The highest BCUT2D eigenvalue weighted by Gasteiger charge is 2.36. The van der Waals surface area contributed by atoms with Gasteiger partial charge in [0, 0.05) is 31.5 Å². The lowest BCUT2D eigenvalue weighted by atomic mass is 10.00. The lowest BCUT2D eigenvalue weighted by Gasteiger charge is -2.29. The number of nitrogens with two attached hydrogens (primary N) is 1. The van der Waals surface area contributed by atoms with E-state index in [2.05, 4.69) is 30.3 Å². The smallest absolute Gasteiger partial charge is 0.390 e. The Morgan fingerprint density at radius 3 is 2.37 bits per heavy atom. The van der Waals surface area contributed by atoms with Crippen molar-refractivity contribution in [3.8, 4) is 0 Å². The summed E-state index contributed by atoms with van der Waals surface area (Å²) in [6.07, 6.45) is 4.04. The number of hydroxylamine groups is 1. The first-order valence-corrected chi connectivity index (χ1v) is 12.5. The summed E-state index contributed by atoms with van der Waals surface area (Å²) < 4.78 is 40.9. The number of amides is 1. The molecule has 2 aliphatic rings. The van der Waals surface area contributed by atoms with Gasteiger partial charge in [-0.3, -0.25) is 4.79 Å². The molecule has 206 valence electrons. The summed E-state index contributed by atoms with van der Waals surface area (Å²) in [5.41, 5.74) is 7.70. The molecule has 1 aromatic carbocycles. The Kier molecular flexibility index (Phi) is 10.3. The molecule has 0 saturated heterocycles. The molecule has 12 heteroatoms. The highest BCUT2D eigenvalue weighted by Crippen LogP contribution is 2.36. The maximum absolute atomic E-state index is 13.6. The van der Waals surface area contributed by atoms with Crippen LogP contribution in [0.2, 0.25) is 0 Å². The Hall–Kier alpha value is -3.38. The number of carbonyl (C=O) groups excluding carboxylic acids is 1. The van der Waals surface area contributed by atoms with E-state index >= 15 is 0 Å². The van der Waals surface area contributed by atoms with Gasteiger partial charge in [-0.25, -0.2) is 20.4 Å². The van der Waals surface area contributed by atoms with Crippen LogP contribution in [0.4, 0.5) is 19.1 Å². The van der Waals surface area contributed by atoms with Crippen molar-refractivity contribution in [2.24, 2.45) is 27.6 Å². The van der Waals surface area contributed by atoms with Crippen LogP contribution < -0.4 is 11.2 Å². The minimum Gasteiger partial charge on any atom is -0.390 e. The highest BCUT2D eigenvalue weighted by molar-refractivity contribution is 6.01. The maximum Gasteiger partial charge on any atom is 0.416 e. The fourth-order valence-corrected chi connectivity index (χ4v) is 3.81. The summed E-state index contributed by atoms with van der Waals surface area (Å²) in [6, 6.07) is 4.67. The Morgan fingerprint density at radius 2 is 1.84 bits per heavy atom. The Labute approximate surface area is 220 Å². The van der Waals surface area contributed by atoms with E-state index < -0.39 is 23.7 Å². The normalized spacial score (nSPS) is 16.6. The molecule has 0 spiro atoms. The monoisotopic (exact) mass is 533 g/mol.